The number of aryl methyl sites for hydroxylation is 3. The summed E-state index contributed by atoms with van der Waals surface area (Å²) in [5, 5.41) is 0. The van der Waals surface area contributed by atoms with Gasteiger partial charge < -0.3 is 4.90 Å². The monoisotopic (exact) mass is 431 g/mol. The number of anilines is 3. The van der Waals surface area contributed by atoms with Crippen molar-refractivity contribution in [1.82, 2.24) is 0 Å². The molecule has 4 rings (SSSR count). The van der Waals surface area contributed by atoms with Crippen LogP contribution in [0.15, 0.2) is 97.1 Å². The smallest absolute Gasteiger partial charge is 0.0462 e. The zero-order chi connectivity index (χ0) is 23.2. The lowest BCUT2D eigenvalue weighted by atomic mass is 9.98. The zero-order valence-corrected chi connectivity index (χ0v) is 20.2. The summed E-state index contributed by atoms with van der Waals surface area (Å²) in [5.41, 5.74) is 11.3. The Kier molecular flexibility index (Phi) is 7.10. The average Bonchev–Trinajstić information content (AvgIpc) is 2.83. The van der Waals surface area contributed by atoms with Crippen LogP contribution in [0.5, 0.6) is 0 Å². The van der Waals surface area contributed by atoms with Gasteiger partial charge >= 0.3 is 0 Å². The molecule has 0 fully saturated rings. The Balaban J connectivity index is 1.69. The standard InChI is InChI=1S/C32H33N/c1-5-6-29(28-15-7-24(2)8-16-28)23-27-13-21-32(22-14-27)33(30-17-9-25(3)10-18-30)31-19-11-26(4)12-20-31/h7-23H,5-6H2,1-4H3/b29-23+. The highest BCUT2D eigenvalue weighted by atomic mass is 15.1. The molecule has 33 heavy (non-hydrogen) atoms. The van der Waals surface area contributed by atoms with Gasteiger partial charge in [0.15, 0.2) is 0 Å². The van der Waals surface area contributed by atoms with Crippen LogP contribution in [0, 0.1) is 20.8 Å². The quantitative estimate of drug-likeness (QED) is 0.263. The van der Waals surface area contributed by atoms with Crippen molar-refractivity contribution in [3.05, 3.63) is 125 Å². The summed E-state index contributed by atoms with van der Waals surface area (Å²) in [6.45, 7) is 8.64. The number of allylic oxidation sites excluding steroid dienone is 1. The highest BCUT2D eigenvalue weighted by Crippen LogP contribution is 2.35. The van der Waals surface area contributed by atoms with Crippen molar-refractivity contribution in [2.24, 2.45) is 0 Å². The molecule has 0 atom stereocenters. The fourth-order valence-electron chi connectivity index (χ4n) is 4.09. The van der Waals surface area contributed by atoms with E-state index in [1.807, 2.05) is 0 Å². The molecular weight excluding hydrogens is 398 g/mol. The van der Waals surface area contributed by atoms with Gasteiger partial charge in [0, 0.05) is 17.1 Å². The molecule has 1 nitrogen and oxygen atoms in total. The average molecular weight is 432 g/mol. The molecule has 0 saturated carbocycles. The Morgan fingerprint density at radius 3 is 1.39 bits per heavy atom. The summed E-state index contributed by atoms with van der Waals surface area (Å²) < 4.78 is 0. The lowest BCUT2D eigenvalue weighted by molar-refractivity contribution is 0.976. The first-order chi connectivity index (χ1) is 16.0. The van der Waals surface area contributed by atoms with Crippen molar-refractivity contribution in [3.8, 4) is 0 Å². The lowest BCUT2D eigenvalue weighted by Crippen LogP contribution is -2.09. The van der Waals surface area contributed by atoms with E-state index in [1.54, 1.807) is 0 Å². The molecule has 0 aliphatic rings. The molecule has 0 unspecified atom stereocenters. The number of benzene rings is 4. The minimum atomic E-state index is 1.07. The SMILES string of the molecule is CCC/C(=C\c1ccc(N(c2ccc(C)cc2)c2ccc(C)cc2)cc1)c1ccc(C)cc1. The van der Waals surface area contributed by atoms with E-state index in [0.717, 1.165) is 18.5 Å². The highest BCUT2D eigenvalue weighted by Gasteiger charge is 2.12. The molecule has 1 heteroatoms. The summed E-state index contributed by atoms with van der Waals surface area (Å²) in [6, 6.07) is 35.3. The number of rotatable bonds is 7. The van der Waals surface area contributed by atoms with Crippen molar-refractivity contribution >= 4 is 28.7 Å². The maximum atomic E-state index is 2.33. The molecule has 0 heterocycles. The predicted molar refractivity (Wildman–Crippen MR) is 145 cm³/mol. The number of hydrogen-bond acceptors (Lipinski definition) is 1. The van der Waals surface area contributed by atoms with Gasteiger partial charge in [-0.2, -0.15) is 0 Å². The first-order valence-corrected chi connectivity index (χ1v) is 11.8. The van der Waals surface area contributed by atoms with Gasteiger partial charge in [0.1, 0.15) is 0 Å². The third-order valence-corrected chi connectivity index (χ3v) is 6.02. The van der Waals surface area contributed by atoms with Crippen LogP contribution >= 0.6 is 0 Å². The molecule has 0 radical (unpaired) electrons. The lowest BCUT2D eigenvalue weighted by Gasteiger charge is -2.26. The van der Waals surface area contributed by atoms with E-state index >= 15 is 0 Å². The largest absolute Gasteiger partial charge is 0.311 e. The Morgan fingerprint density at radius 2 is 0.970 bits per heavy atom. The number of nitrogens with zero attached hydrogens (tertiary/aromatic N) is 1. The molecule has 0 aliphatic heterocycles. The second-order valence-electron chi connectivity index (χ2n) is 8.88. The summed E-state index contributed by atoms with van der Waals surface area (Å²) >= 11 is 0. The molecule has 0 spiro atoms. The molecule has 4 aromatic rings. The Hall–Kier alpha value is -3.58. The van der Waals surface area contributed by atoms with Crippen LogP contribution in [0.25, 0.3) is 11.6 Å². The van der Waals surface area contributed by atoms with E-state index in [-0.39, 0.29) is 0 Å². The fourth-order valence-corrected chi connectivity index (χ4v) is 4.09. The third kappa shape index (κ3) is 5.62. The molecule has 0 saturated heterocycles. The van der Waals surface area contributed by atoms with E-state index in [2.05, 4.69) is 136 Å². The Morgan fingerprint density at radius 1 is 0.576 bits per heavy atom. The van der Waals surface area contributed by atoms with Crippen molar-refractivity contribution in [2.45, 2.75) is 40.5 Å². The number of hydrogen-bond donors (Lipinski definition) is 0. The molecular formula is C32H33N. The molecule has 166 valence electrons. The van der Waals surface area contributed by atoms with Crippen LogP contribution in [-0.2, 0) is 0 Å². The summed E-state index contributed by atoms with van der Waals surface area (Å²) in [5.74, 6) is 0. The van der Waals surface area contributed by atoms with Crippen molar-refractivity contribution in [1.29, 1.82) is 0 Å². The van der Waals surface area contributed by atoms with E-state index < -0.39 is 0 Å². The van der Waals surface area contributed by atoms with Gasteiger partial charge in [-0.25, -0.2) is 0 Å². The highest BCUT2D eigenvalue weighted by molar-refractivity contribution is 5.83. The van der Waals surface area contributed by atoms with Gasteiger partial charge in [0.25, 0.3) is 0 Å². The fraction of sp³-hybridized carbons (Fsp3) is 0.188. The minimum absolute atomic E-state index is 1.07. The zero-order valence-electron chi connectivity index (χ0n) is 20.2. The first kappa shape index (κ1) is 22.6. The Bertz CT molecular complexity index is 1150. The van der Waals surface area contributed by atoms with Crippen LogP contribution in [0.4, 0.5) is 17.1 Å². The maximum absolute atomic E-state index is 2.33. The molecule has 0 aromatic heterocycles. The summed E-state index contributed by atoms with van der Waals surface area (Å²) in [7, 11) is 0. The minimum Gasteiger partial charge on any atom is -0.311 e. The van der Waals surface area contributed by atoms with Crippen LogP contribution < -0.4 is 4.90 Å². The molecule has 4 aromatic carbocycles. The molecule has 0 aliphatic carbocycles. The normalized spacial score (nSPS) is 11.5. The summed E-state index contributed by atoms with van der Waals surface area (Å²) in [6.07, 6.45) is 4.54. The topological polar surface area (TPSA) is 3.24 Å². The van der Waals surface area contributed by atoms with Crippen LogP contribution in [-0.4, -0.2) is 0 Å². The molecule has 0 N–H and O–H groups in total. The second kappa shape index (κ2) is 10.4. The van der Waals surface area contributed by atoms with E-state index in [4.69, 9.17) is 0 Å². The van der Waals surface area contributed by atoms with Crippen molar-refractivity contribution in [3.63, 3.8) is 0 Å². The van der Waals surface area contributed by atoms with Crippen LogP contribution in [0.1, 0.15) is 47.6 Å². The van der Waals surface area contributed by atoms with E-state index in [9.17, 15) is 0 Å². The van der Waals surface area contributed by atoms with Crippen LogP contribution in [0.2, 0.25) is 0 Å². The predicted octanol–water partition coefficient (Wildman–Crippen LogP) is 9.42. The van der Waals surface area contributed by atoms with Gasteiger partial charge in [-0.1, -0.05) is 96.8 Å². The third-order valence-electron chi connectivity index (χ3n) is 6.02. The van der Waals surface area contributed by atoms with Crippen molar-refractivity contribution < 1.29 is 0 Å². The molecule has 0 bridgehead atoms. The second-order valence-corrected chi connectivity index (χ2v) is 8.88. The molecule has 0 amide bonds. The van der Waals surface area contributed by atoms with E-state index in [0.29, 0.717) is 0 Å². The van der Waals surface area contributed by atoms with Gasteiger partial charge in [-0.05, 0) is 80.3 Å². The van der Waals surface area contributed by atoms with Gasteiger partial charge in [0.2, 0.25) is 0 Å². The van der Waals surface area contributed by atoms with Gasteiger partial charge in [-0.3, -0.25) is 0 Å². The Labute approximate surface area is 199 Å². The van der Waals surface area contributed by atoms with Crippen LogP contribution in [0.3, 0.4) is 0 Å². The van der Waals surface area contributed by atoms with Gasteiger partial charge in [-0.15, -0.1) is 0 Å². The van der Waals surface area contributed by atoms with Gasteiger partial charge in [0.05, 0.1) is 0 Å². The maximum Gasteiger partial charge on any atom is 0.0462 e. The first-order valence-electron chi connectivity index (χ1n) is 11.8. The summed E-state index contributed by atoms with van der Waals surface area (Å²) in [4.78, 5) is 2.32. The van der Waals surface area contributed by atoms with E-state index in [1.165, 1.54) is 44.8 Å². The van der Waals surface area contributed by atoms with Crippen molar-refractivity contribution in [2.75, 3.05) is 4.90 Å².